The maximum absolute atomic E-state index is 12.3. The van der Waals surface area contributed by atoms with Crippen LogP contribution in [0.25, 0.3) is 0 Å². The third-order valence-corrected chi connectivity index (χ3v) is 4.10. The zero-order chi connectivity index (χ0) is 18.0. The second kappa shape index (κ2) is 6.97. The van der Waals surface area contributed by atoms with Gasteiger partial charge in [-0.25, -0.2) is 0 Å². The average molecular weight is 338 g/mol. The predicted octanol–water partition coefficient (Wildman–Crippen LogP) is 3.17. The molecule has 5 nitrogen and oxygen atoms in total. The van der Waals surface area contributed by atoms with Crippen LogP contribution < -0.4 is 15.0 Å². The van der Waals surface area contributed by atoms with E-state index in [0.29, 0.717) is 6.42 Å². The summed E-state index contributed by atoms with van der Waals surface area (Å²) in [5.41, 5.74) is 3.54. The van der Waals surface area contributed by atoms with E-state index in [1.54, 1.807) is 11.9 Å². The first kappa shape index (κ1) is 17.0. The molecule has 5 heteroatoms. The molecule has 0 atom stereocenters. The van der Waals surface area contributed by atoms with Gasteiger partial charge < -0.3 is 15.0 Å². The fraction of sp³-hybridized carbons (Fsp3) is 0.300. The molecule has 0 saturated heterocycles. The molecule has 2 aromatic carbocycles. The molecule has 1 aliphatic heterocycles. The van der Waals surface area contributed by atoms with E-state index in [9.17, 15) is 9.59 Å². The Morgan fingerprint density at radius 3 is 2.60 bits per heavy atom. The number of nitrogens with zero attached hydrogens (tertiary/aromatic N) is 1. The summed E-state index contributed by atoms with van der Waals surface area (Å²) in [5, 5.41) is 2.88. The standard InChI is InChI=1S/C20H22N2O3/c1-13(2)25-17-7-5-16(6-8-17)21-19(23)11-14-4-9-18-15(10-14)12-20(24)22(18)3/h4-10,13H,11-12H2,1-3H3,(H,21,23). The molecule has 3 rings (SSSR count). The summed E-state index contributed by atoms with van der Waals surface area (Å²) >= 11 is 0. The molecule has 0 aromatic heterocycles. The Balaban J connectivity index is 1.61. The van der Waals surface area contributed by atoms with Crippen molar-refractivity contribution in [2.75, 3.05) is 17.3 Å². The molecule has 25 heavy (non-hydrogen) atoms. The van der Waals surface area contributed by atoms with Crippen molar-refractivity contribution < 1.29 is 14.3 Å². The first-order valence-electron chi connectivity index (χ1n) is 8.37. The van der Waals surface area contributed by atoms with Gasteiger partial charge in [-0.3, -0.25) is 9.59 Å². The largest absolute Gasteiger partial charge is 0.491 e. The third-order valence-electron chi connectivity index (χ3n) is 4.10. The highest BCUT2D eigenvalue weighted by molar-refractivity contribution is 6.01. The van der Waals surface area contributed by atoms with Crippen LogP contribution in [0.4, 0.5) is 11.4 Å². The highest BCUT2D eigenvalue weighted by atomic mass is 16.5. The first-order chi connectivity index (χ1) is 11.9. The third kappa shape index (κ3) is 3.99. The van der Waals surface area contributed by atoms with Crippen LogP contribution in [0, 0.1) is 0 Å². The first-order valence-corrected chi connectivity index (χ1v) is 8.37. The SMILES string of the molecule is CC(C)Oc1ccc(NC(=O)Cc2ccc3c(c2)CC(=O)N3C)cc1. The van der Waals surface area contributed by atoms with Gasteiger partial charge in [-0.1, -0.05) is 12.1 Å². The molecule has 1 N–H and O–H groups in total. The lowest BCUT2D eigenvalue weighted by Gasteiger charge is -2.11. The van der Waals surface area contributed by atoms with E-state index in [2.05, 4.69) is 5.32 Å². The number of fused-ring (bicyclic) bond motifs is 1. The number of amides is 2. The molecule has 0 spiro atoms. The number of hydrogen-bond donors (Lipinski definition) is 1. The van der Waals surface area contributed by atoms with E-state index in [1.165, 1.54) is 0 Å². The minimum atomic E-state index is -0.0878. The molecule has 0 unspecified atom stereocenters. The second-order valence-electron chi connectivity index (χ2n) is 6.51. The van der Waals surface area contributed by atoms with Gasteiger partial charge in [0.25, 0.3) is 0 Å². The summed E-state index contributed by atoms with van der Waals surface area (Å²) in [6, 6.07) is 13.1. The minimum absolute atomic E-state index is 0.0836. The van der Waals surface area contributed by atoms with Gasteiger partial charge in [0, 0.05) is 18.4 Å². The van der Waals surface area contributed by atoms with Crippen LogP contribution in [0.3, 0.4) is 0 Å². The summed E-state index contributed by atoms with van der Waals surface area (Å²) in [6.45, 7) is 3.94. The van der Waals surface area contributed by atoms with Crippen LogP contribution in [-0.4, -0.2) is 25.0 Å². The molecular formula is C20H22N2O3. The zero-order valence-corrected chi connectivity index (χ0v) is 14.7. The predicted molar refractivity (Wildman–Crippen MR) is 98.1 cm³/mol. The number of hydrogen-bond acceptors (Lipinski definition) is 3. The lowest BCUT2D eigenvalue weighted by molar-refractivity contribution is -0.117. The summed E-state index contributed by atoms with van der Waals surface area (Å²) in [6.07, 6.45) is 0.791. The van der Waals surface area contributed by atoms with Gasteiger partial charge in [0.15, 0.2) is 0 Å². The lowest BCUT2D eigenvalue weighted by atomic mass is 10.1. The maximum Gasteiger partial charge on any atom is 0.231 e. The van der Waals surface area contributed by atoms with Gasteiger partial charge in [0.1, 0.15) is 5.75 Å². The maximum atomic E-state index is 12.3. The smallest absolute Gasteiger partial charge is 0.231 e. The van der Waals surface area contributed by atoms with Gasteiger partial charge in [0.05, 0.1) is 18.9 Å². The second-order valence-corrected chi connectivity index (χ2v) is 6.51. The van der Waals surface area contributed by atoms with E-state index in [-0.39, 0.29) is 24.3 Å². The molecule has 2 amide bonds. The van der Waals surface area contributed by atoms with Crippen molar-refractivity contribution in [3.05, 3.63) is 53.6 Å². The molecule has 2 aromatic rings. The van der Waals surface area contributed by atoms with Crippen molar-refractivity contribution in [2.45, 2.75) is 32.8 Å². The normalized spacial score (nSPS) is 13.1. The van der Waals surface area contributed by atoms with Crippen molar-refractivity contribution in [3.63, 3.8) is 0 Å². The van der Waals surface area contributed by atoms with Crippen LogP contribution in [0.1, 0.15) is 25.0 Å². The minimum Gasteiger partial charge on any atom is -0.491 e. The molecule has 1 aliphatic rings. The number of nitrogens with one attached hydrogen (secondary N) is 1. The zero-order valence-electron chi connectivity index (χ0n) is 14.7. The van der Waals surface area contributed by atoms with Gasteiger partial charge in [-0.05, 0) is 55.3 Å². The van der Waals surface area contributed by atoms with Gasteiger partial charge in [0.2, 0.25) is 11.8 Å². The highest BCUT2D eigenvalue weighted by Crippen LogP contribution is 2.28. The molecule has 0 saturated carbocycles. The Labute approximate surface area is 147 Å². The monoisotopic (exact) mass is 338 g/mol. The average Bonchev–Trinajstić information content (AvgIpc) is 2.83. The topological polar surface area (TPSA) is 58.6 Å². The molecular weight excluding hydrogens is 316 g/mol. The summed E-state index contributed by atoms with van der Waals surface area (Å²) in [7, 11) is 1.77. The molecule has 0 radical (unpaired) electrons. The number of anilines is 2. The molecule has 0 bridgehead atoms. The van der Waals surface area contributed by atoms with Crippen molar-refractivity contribution >= 4 is 23.2 Å². The number of likely N-dealkylation sites (N-methyl/N-ethyl adjacent to an activating group) is 1. The molecule has 1 heterocycles. The Hall–Kier alpha value is -2.82. The van der Waals surface area contributed by atoms with Crippen LogP contribution >= 0.6 is 0 Å². The van der Waals surface area contributed by atoms with Crippen molar-refractivity contribution in [3.8, 4) is 5.75 Å². The number of benzene rings is 2. The molecule has 0 fully saturated rings. The van der Waals surface area contributed by atoms with E-state index in [0.717, 1.165) is 28.3 Å². The van der Waals surface area contributed by atoms with Crippen LogP contribution in [0.15, 0.2) is 42.5 Å². The van der Waals surface area contributed by atoms with Gasteiger partial charge in [-0.15, -0.1) is 0 Å². The van der Waals surface area contributed by atoms with E-state index in [1.807, 2.05) is 56.3 Å². The fourth-order valence-corrected chi connectivity index (χ4v) is 2.91. The van der Waals surface area contributed by atoms with Gasteiger partial charge in [-0.2, -0.15) is 0 Å². The summed E-state index contributed by atoms with van der Waals surface area (Å²) in [5.74, 6) is 0.774. The summed E-state index contributed by atoms with van der Waals surface area (Å²) < 4.78 is 5.59. The Morgan fingerprint density at radius 1 is 1.20 bits per heavy atom. The fourth-order valence-electron chi connectivity index (χ4n) is 2.91. The summed E-state index contributed by atoms with van der Waals surface area (Å²) in [4.78, 5) is 25.6. The van der Waals surface area contributed by atoms with Crippen LogP contribution in [-0.2, 0) is 22.4 Å². The molecule has 130 valence electrons. The Bertz CT molecular complexity index is 797. The number of carbonyl (C=O) groups excluding carboxylic acids is 2. The van der Waals surface area contributed by atoms with Crippen molar-refractivity contribution in [2.24, 2.45) is 0 Å². The highest BCUT2D eigenvalue weighted by Gasteiger charge is 2.24. The number of rotatable bonds is 5. The lowest BCUT2D eigenvalue weighted by Crippen LogP contribution is -2.20. The Kier molecular flexibility index (Phi) is 4.74. The van der Waals surface area contributed by atoms with Crippen molar-refractivity contribution in [1.82, 2.24) is 0 Å². The van der Waals surface area contributed by atoms with Crippen LogP contribution in [0.5, 0.6) is 5.75 Å². The number of ether oxygens (including phenoxy) is 1. The van der Waals surface area contributed by atoms with E-state index >= 15 is 0 Å². The quantitative estimate of drug-likeness (QED) is 0.911. The van der Waals surface area contributed by atoms with Crippen molar-refractivity contribution in [1.29, 1.82) is 0 Å². The number of carbonyl (C=O) groups is 2. The van der Waals surface area contributed by atoms with Crippen LogP contribution in [0.2, 0.25) is 0 Å². The van der Waals surface area contributed by atoms with Gasteiger partial charge >= 0.3 is 0 Å². The van der Waals surface area contributed by atoms with E-state index < -0.39 is 0 Å². The van der Waals surface area contributed by atoms with E-state index in [4.69, 9.17) is 4.74 Å². The Morgan fingerprint density at radius 2 is 1.92 bits per heavy atom. The molecule has 0 aliphatic carbocycles.